The second-order valence-corrected chi connectivity index (χ2v) is 4.58. The molecule has 1 fully saturated rings. The van der Waals surface area contributed by atoms with Crippen molar-refractivity contribution in [1.82, 2.24) is 10.2 Å². The molecule has 0 atom stereocenters. The molecule has 6 heteroatoms. The van der Waals surface area contributed by atoms with Crippen LogP contribution in [0.2, 0.25) is 0 Å². The first-order valence-electron chi connectivity index (χ1n) is 5.86. The Hall–Kier alpha value is -2.37. The van der Waals surface area contributed by atoms with Gasteiger partial charge in [-0.3, -0.25) is 19.7 Å². The van der Waals surface area contributed by atoms with E-state index in [1.54, 1.807) is 18.2 Å². The Morgan fingerprint density at radius 1 is 1.21 bits per heavy atom. The van der Waals surface area contributed by atoms with Crippen LogP contribution in [0.3, 0.4) is 0 Å². The molecule has 0 radical (unpaired) electrons. The number of nitrogens with one attached hydrogen (secondary N) is 1. The molecule has 100 valence electrons. The average molecular weight is 261 g/mol. The highest BCUT2D eigenvalue weighted by atomic mass is 16.2. The number of nitrogens with zero attached hydrogens (tertiary/aromatic N) is 2. The second-order valence-electron chi connectivity index (χ2n) is 4.58. The number of imide groups is 1. The minimum atomic E-state index is -0.451. The Balaban J connectivity index is 2.21. The van der Waals surface area contributed by atoms with Crippen LogP contribution in [-0.2, 0) is 9.59 Å². The van der Waals surface area contributed by atoms with Gasteiger partial charge in [0.2, 0.25) is 11.8 Å². The van der Waals surface area contributed by atoms with E-state index >= 15 is 0 Å². The molecule has 0 aliphatic carbocycles. The van der Waals surface area contributed by atoms with Crippen LogP contribution < -0.4 is 10.2 Å². The minimum absolute atomic E-state index is 0.0865. The molecule has 19 heavy (non-hydrogen) atoms. The van der Waals surface area contributed by atoms with Crippen molar-refractivity contribution >= 4 is 23.4 Å². The van der Waals surface area contributed by atoms with Gasteiger partial charge in [0.15, 0.2) is 0 Å². The summed E-state index contributed by atoms with van der Waals surface area (Å²) in [7, 11) is 3.75. The first-order chi connectivity index (χ1) is 8.97. The Morgan fingerprint density at radius 3 is 2.42 bits per heavy atom. The van der Waals surface area contributed by atoms with E-state index in [1.807, 2.05) is 25.1 Å². The lowest BCUT2D eigenvalue weighted by Gasteiger charge is -2.25. The lowest BCUT2D eigenvalue weighted by atomic mass is 10.1. The van der Waals surface area contributed by atoms with Gasteiger partial charge in [0.05, 0.1) is 0 Å². The molecular formula is C13H15N3O3. The summed E-state index contributed by atoms with van der Waals surface area (Å²) >= 11 is 0. The van der Waals surface area contributed by atoms with Crippen molar-refractivity contribution in [2.45, 2.75) is 0 Å². The minimum Gasteiger partial charge on any atom is -0.378 e. The SMILES string of the molecule is CN(C)c1cccc(C(=O)N2CC(=O)NC(=O)C2)c1. The lowest BCUT2D eigenvalue weighted by Crippen LogP contribution is -2.53. The highest BCUT2D eigenvalue weighted by molar-refractivity contribution is 6.05. The van der Waals surface area contributed by atoms with E-state index in [-0.39, 0.29) is 19.0 Å². The smallest absolute Gasteiger partial charge is 0.254 e. The van der Waals surface area contributed by atoms with Crippen molar-refractivity contribution < 1.29 is 14.4 Å². The number of anilines is 1. The van der Waals surface area contributed by atoms with Gasteiger partial charge < -0.3 is 9.80 Å². The van der Waals surface area contributed by atoms with Gasteiger partial charge in [-0.15, -0.1) is 0 Å². The molecule has 1 N–H and O–H groups in total. The summed E-state index contributed by atoms with van der Waals surface area (Å²) in [5.41, 5.74) is 1.35. The van der Waals surface area contributed by atoms with Crippen LogP contribution >= 0.6 is 0 Å². The zero-order chi connectivity index (χ0) is 14.0. The van der Waals surface area contributed by atoms with Crippen molar-refractivity contribution in [2.75, 3.05) is 32.1 Å². The number of piperazine rings is 1. The molecule has 2 rings (SSSR count). The quantitative estimate of drug-likeness (QED) is 0.752. The number of hydrogen-bond donors (Lipinski definition) is 1. The fourth-order valence-corrected chi connectivity index (χ4v) is 1.88. The number of hydrogen-bond acceptors (Lipinski definition) is 4. The van der Waals surface area contributed by atoms with E-state index in [0.717, 1.165) is 5.69 Å². The summed E-state index contributed by atoms with van der Waals surface area (Å²) in [5.74, 6) is -1.21. The maximum Gasteiger partial charge on any atom is 0.254 e. The zero-order valence-electron chi connectivity index (χ0n) is 10.8. The molecule has 0 bridgehead atoms. The molecule has 0 saturated carbocycles. The highest BCUT2D eigenvalue weighted by Gasteiger charge is 2.27. The van der Waals surface area contributed by atoms with Crippen molar-refractivity contribution in [3.8, 4) is 0 Å². The Kier molecular flexibility index (Phi) is 3.50. The molecule has 0 unspecified atom stereocenters. The van der Waals surface area contributed by atoms with Crippen LogP contribution in [0.25, 0.3) is 0 Å². The number of carbonyl (C=O) groups is 3. The third kappa shape index (κ3) is 2.90. The Bertz CT molecular complexity index is 524. The number of rotatable bonds is 2. The Morgan fingerprint density at radius 2 is 1.84 bits per heavy atom. The molecule has 1 heterocycles. The van der Waals surface area contributed by atoms with E-state index in [4.69, 9.17) is 0 Å². The van der Waals surface area contributed by atoms with Crippen LogP contribution in [0, 0.1) is 0 Å². The van der Waals surface area contributed by atoms with Gasteiger partial charge in [0.1, 0.15) is 13.1 Å². The monoisotopic (exact) mass is 261 g/mol. The summed E-state index contributed by atoms with van der Waals surface area (Å²) in [6.45, 7) is -0.173. The third-order valence-electron chi connectivity index (χ3n) is 2.84. The van der Waals surface area contributed by atoms with Gasteiger partial charge in [0, 0.05) is 25.3 Å². The summed E-state index contributed by atoms with van der Waals surface area (Å²) in [6.07, 6.45) is 0. The molecule has 0 spiro atoms. The van der Waals surface area contributed by atoms with Gasteiger partial charge in [-0.05, 0) is 18.2 Å². The van der Waals surface area contributed by atoms with Crippen LogP contribution in [0.1, 0.15) is 10.4 Å². The second kappa shape index (κ2) is 5.09. The lowest BCUT2D eigenvalue weighted by molar-refractivity contribution is -0.135. The zero-order valence-corrected chi connectivity index (χ0v) is 10.8. The van der Waals surface area contributed by atoms with E-state index in [9.17, 15) is 14.4 Å². The van der Waals surface area contributed by atoms with Gasteiger partial charge in [-0.1, -0.05) is 6.07 Å². The molecular weight excluding hydrogens is 246 g/mol. The summed E-state index contributed by atoms with van der Waals surface area (Å²) < 4.78 is 0. The standard InChI is InChI=1S/C13H15N3O3/c1-15(2)10-5-3-4-9(6-10)13(19)16-7-11(17)14-12(18)8-16/h3-6H,7-8H2,1-2H3,(H,14,17,18). The molecule has 1 aromatic rings. The normalized spacial score (nSPS) is 15.2. The number of amides is 3. The van der Waals surface area contributed by atoms with Crippen LogP contribution in [0.15, 0.2) is 24.3 Å². The number of carbonyl (C=O) groups excluding carboxylic acids is 3. The van der Waals surface area contributed by atoms with E-state index in [1.165, 1.54) is 4.90 Å². The van der Waals surface area contributed by atoms with Crippen LogP contribution in [-0.4, -0.2) is 49.8 Å². The topological polar surface area (TPSA) is 69.7 Å². The third-order valence-corrected chi connectivity index (χ3v) is 2.84. The van der Waals surface area contributed by atoms with E-state index in [0.29, 0.717) is 5.56 Å². The molecule has 1 aromatic carbocycles. The van der Waals surface area contributed by atoms with Crippen molar-refractivity contribution in [3.05, 3.63) is 29.8 Å². The molecule has 0 aromatic heterocycles. The fourth-order valence-electron chi connectivity index (χ4n) is 1.88. The van der Waals surface area contributed by atoms with Gasteiger partial charge in [-0.2, -0.15) is 0 Å². The predicted octanol–water partition coefficient (Wildman–Crippen LogP) is -0.149. The Labute approximate surface area is 111 Å². The molecule has 1 aliphatic rings. The first-order valence-corrected chi connectivity index (χ1v) is 5.86. The molecule has 1 aliphatic heterocycles. The fraction of sp³-hybridized carbons (Fsp3) is 0.308. The van der Waals surface area contributed by atoms with Crippen molar-refractivity contribution in [3.63, 3.8) is 0 Å². The van der Waals surface area contributed by atoms with Crippen LogP contribution in [0.5, 0.6) is 0 Å². The van der Waals surface area contributed by atoms with E-state index in [2.05, 4.69) is 5.32 Å². The van der Waals surface area contributed by atoms with Crippen LogP contribution in [0.4, 0.5) is 5.69 Å². The summed E-state index contributed by atoms with van der Waals surface area (Å²) in [4.78, 5) is 37.9. The average Bonchev–Trinajstić information content (AvgIpc) is 2.37. The van der Waals surface area contributed by atoms with E-state index < -0.39 is 11.8 Å². The highest BCUT2D eigenvalue weighted by Crippen LogP contribution is 2.15. The maximum absolute atomic E-state index is 12.2. The van der Waals surface area contributed by atoms with Crippen molar-refractivity contribution in [1.29, 1.82) is 0 Å². The summed E-state index contributed by atoms with van der Waals surface area (Å²) in [5, 5.41) is 2.17. The summed E-state index contributed by atoms with van der Waals surface area (Å²) in [6, 6.07) is 7.06. The molecule has 3 amide bonds. The number of benzene rings is 1. The maximum atomic E-state index is 12.2. The van der Waals surface area contributed by atoms with Gasteiger partial charge >= 0.3 is 0 Å². The molecule has 1 saturated heterocycles. The first kappa shape index (κ1) is 13.1. The largest absolute Gasteiger partial charge is 0.378 e. The van der Waals surface area contributed by atoms with Crippen molar-refractivity contribution in [2.24, 2.45) is 0 Å². The van der Waals surface area contributed by atoms with Gasteiger partial charge in [-0.25, -0.2) is 0 Å². The molecule has 6 nitrogen and oxygen atoms in total. The predicted molar refractivity (Wildman–Crippen MR) is 69.8 cm³/mol. The van der Waals surface area contributed by atoms with Gasteiger partial charge in [0.25, 0.3) is 5.91 Å².